The normalized spacial score (nSPS) is 28.3. The van der Waals surface area contributed by atoms with E-state index in [0.717, 1.165) is 23.2 Å². The summed E-state index contributed by atoms with van der Waals surface area (Å²) in [5, 5.41) is 14.2. The van der Waals surface area contributed by atoms with Gasteiger partial charge in [0.05, 0.1) is 5.60 Å². The second kappa shape index (κ2) is 7.06. The molecule has 1 fully saturated rings. The van der Waals surface area contributed by atoms with Crippen molar-refractivity contribution in [3.8, 4) is 0 Å². The van der Waals surface area contributed by atoms with Crippen LogP contribution in [0.4, 0.5) is 0 Å². The molecule has 2 N–H and O–H groups in total. The van der Waals surface area contributed by atoms with Gasteiger partial charge in [-0.05, 0) is 56.2 Å². The van der Waals surface area contributed by atoms with Crippen molar-refractivity contribution < 1.29 is 5.11 Å². The van der Waals surface area contributed by atoms with Gasteiger partial charge < -0.3 is 10.4 Å². The topological polar surface area (TPSA) is 32.3 Å². The Labute approximate surface area is 131 Å². The van der Waals surface area contributed by atoms with Gasteiger partial charge in [-0.1, -0.05) is 41.4 Å². The van der Waals surface area contributed by atoms with Gasteiger partial charge in [-0.2, -0.15) is 0 Å². The van der Waals surface area contributed by atoms with Gasteiger partial charge in [-0.3, -0.25) is 0 Å². The van der Waals surface area contributed by atoms with Crippen LogP contribution in [0, 0.1) is 5.92 Å². The van der Waals surface area contributed by atoms with E-state index in [9.17, 15) is 5.11 Å². The van der Waals surface area contributed by atoms with Crippen molar-refractivity contribution in [2.75, 3.05) is 6.54 Å². The lowest BCUT2D eigenvalue weighted by Gasteiger charge is -2.36. The van der Waals surface area contributed by atoms with Gasteiger partial charge in [0.15, 0.2) is 0 Å². The summed E-state index contributed by atoms with van der Waals surface area (Å²) in [5.74, 6) is 0.819. The minimum absolute atomic E-state index is 0.274. The average Bonchev–Trinajstić information content (AvgIpc) is 2.46. The Balaban J connectivity index is 1.84. The first-order valence-corrected chi connectivity index (χ1v) is 8.53. The van der Waals surface area contributed by atoms with E-state index in [-0.39, 0.29) is 6.04 Å². The summed E-state index contributed by atoms with van der Waals surface area (Å²) in [5.41, 5.74) is 0.758. The maximum absolute atomic E-state index is 10.7. The summed E-state index contributed by atoms with van der Waals surface area (Å²) in [7, 11) is 0. The van der Waals surface area contributed by atoms with Crippen LogP contribution >= 0.6 is 15.9 Å². The van der Waals surface area contributed by atoms with Gasteiger partial charge in [0.2, 0.25) is 0 Å². The third-order valence-corrected chi connectivity index (χ3v) is 5.25. The van der Waals surface area contributed by atoms with Crippen LogP contribution < -0.4 is 5.32 Å². The van der Waals surface area contributed by atoms with E-state index in [2.05, 4.69) is 59.4 Å². The van der Waals surface area contributed by atoms with Gasteiger partial charge in [0.25, 0.3) is 0 Å². The van der Waals surface area contributed by atoms with Gasteiger partial charge in [0.1, 0.15) is 0 Å². The fraction of sp³-hybridized carbons (Fsp3) is 0.647. The monoisotopic (exact) mass is 339 g/mol. The number of benzene rings is 1. The van der Waals surface area contributed by atoms with Gasteiger partial charge in [-0.15, -0.1) is 0 Å². The molecular weight excluding hydrogens is 314 g/mol. The van der Waals surface area contributed by atoms with Crippen LogP contribution in [-0.4, -0.2) is 17.3 Å². The van der Waals surface area contributed by atoms with E-state index in [0.29, 0.717) is 6.54 Å². The molecule has 2 rings (SSSR count). The standard InChI is InChI=1S/C17H26BrNO/c1-3-14-8-10-17(20,11-9-14)12-19-13(2)15-4-6-16(18)7-5-15/h4-7,13-14,19-20H,3,8-12H2,1-2H3. The Morgan fingerprint density at radius 3 is 2.45 bits per heavy atom. The highest BCUT2D eigenvalue weighted by Gasteiger charge is 2.32. The Morgan fingerprint density at radius 1 is 1.30 bits per heavy atom. The highest BCUT2D eigenvalue weighted by molar-refractivity contribution is 9.10. The second-order valence-corrected chi connectivity index (χ2v) is 7.15. The van der Waals surface area contributed by atoms with Gasteiger partial charge in [-0.25, -0.2) is 0 Å². The molecule has 1 aromatic rings. The third-order valence-electron chi connectivity index (χ3n) is 4.72. The first kappa shape index (κ1) is 16.0. The summed E-state index contributed by atoms with van der Waals surface area (Å²) in [4.78, 5) is 0. The van der Waals surface area contributed by atoms with Gasteiger partial charge in [0, 0.05) is 17.1 Å². The van der Waals surface area contributed by atoms with Crippen molar-refractivity contribution in [1.29, 1.82) is 0 Å². The lowest BCUT2D eigenvalue weighted by Crippen LogP contribution is -2.44. The smallest absolute Gasteiger partial charge is 0.0772 e. The number of halogens is 1. The number of hydrogen-bond acceptors (Lipinski definition) is 2. The van der Waals surface area contributed by atoms with Crippen LogP contribution in [0.5, 0.6) is 0 Å². The summed E-state index contributed by atoms with van der Waals surface area (Å²) >= 11 is 3.46. The molecule has 1 atom stereocenters. The van der Waals surface area contributed by atoms with E-state index in [4.69, 9.17) is 0 Å². The van der Waals surface area contributed by atoms with E-state index >= 15 is 0 Å². The molecular formula is C17H26BrNO. The van der Waals surface area contributed by atoms with Crippen LogP contribution in [0.2, 0.25) is 0 Å². The summed E-state index contributed by atoms with van der Waals surface area (Å²) < 4.78 is 1.10. The van der Waals surface area contributed by atoms with Crippen molar-refractivity contribution in [3.63, 3.8) is 0 Å². The summed E-state index contributed by atoms with van der Waals surface area (Å²) in [6.45, 7) is 5.10. The molecule has 0 radical (unpaired) electrons. The first-order chi connectivity index (χ1) is 9.52. The molecule has 0 amide bonds. The quantitative estimate of drug-likeness (QED) is 0.831. The molecule has 0 aromatic heterocycles. The maximum atomic E-state index is 10.7. The number of nitrogens with one attached hydrogen (secondary N) is 1. The molecule has 0 saturated heterocycles. The number of aliphatic hydroxyl groups is 1. The fourth-order valence-corrected chi connectivity index (χ4v) is 3.28. The molecule has 1 saturated carbocycles. The van der Waals surface area contributed by atoms with E-state index in [1.165, 1.54) is 24.8 Å². The Hall–Kier alpha value is -0.380. The van der Waals surface area contributed by atoms with Crippen molar-refractivity contribution in [3.05, 3.63) is 34.3 Å². The average molecular weight is 340 g/mol. The first-order valence-electron chi connectivity index (χ1n) is 7.73. The van der Waals surface area contributed by atoms with Gasteiger partial charge >= 0.3 is 0 Å². The van der Waals surface area contributed by atoms with E-state index in [1.807, 2.05) is 0 Å². The molecule has 1 unspecified atom stereocenters. The number of rotatable bonds is 5. The summed E-state index contributed by atoms with van der Waals surface area (Å²) in [6.07, 6.45) is 5.46. The minimum Gasteiger partial charge on any atom is -0.389 e. The maximum Gasteiger partial charge on any atom is 0.0772 e. The van der Waals surface area contributed by atoms with Crippen LogP contribution in [0.15, 0.2) is 28.7 Å². The predicted molar refractivity (Wildman–Crippen MR) is 87.8 cm³/mol. The second-order valence-electron chi connectivity index (χ2n) is 6.23. The molecule has 0 spiro atoms. The van der Waals surface area contributed by atoms with Crippen molar-refractivity contribution in [2.24, 2.45) is 5.92 Å². The van der Waals surface area contributed by atoms with Crippen molar-refractivity contribution in [2.45, 2.75) is 57.6 Å². The highest BCUT2D eigenvalue weighted by atomic mass is 79.9. The van der Waals surface area contributed by atoms with E-state index < -0.39 is 5.60 Å². The molecule has 0 bridgehead atoms. The molecule has 2 nitrogen and oxygen atoms in total. The summed E-state index contributed by atoms with van der Waals surface area (Å²) in [6, 6.07) is 8.65. The van der Waals surface area contributed by atoms with Crippen LogP contribution in [0.3, 0.4) is 0 Å². The largest absolute Gasteiger partial charge is 0.389 e. The molecule has 1 aliphatic carbocycles. The Morgan fingerprint density at radius 2 is 1.90 bits per heavy atom. The molecule has 1 aliphatic rings. The lowest BCUT2D eigenvalue weighted by molar-refractivity contribution is -0.0103. The zero-order valence-corrected chi connectivity index (χ0v) is 14.1. The zero-order chi connectivity index (χ0) is 14.6. The van der Waals surface area contributed by atoms with Crippen molar-refractivity contribution in [1.82, 2.24) is 5.32 Å². The molecule has 1 aromatic carbocycles. The SMILES string of the molecule is CCC1CCC(O)(CNC(C)c2ccc(Br)cc2)CC1. The highest BCUT2D eigenvalue weighted by Crippen LogP contribution is 2.33. The number of hydrogen-bond donors (Lipinski definition) is 2. The molecule has 112 valence electrons. The van der Waals surface area contributed by atoms with Crippen molar-refractivity contribution >= 4 is 15.9 Å². The molecule has 0 heterocycles. The molecule has 20 heavy (non-hydrogen) atoms. The minimum atomic E-state index is -0.505. The lowest BCUT2D eigenvalue weighted by atomic mass is 9.77. The van der Waals surface area contributed by atoms with Crippen LogP contribution in [0.25, 0.3) is 0 Å². The fourth-order valence-electron chi connectivity index (χ4n) is 3.01. The molecule has 0 aliphatic heterocycles. The van der Waals surface area contributed by atoms with Crippen LogP contribution in [0.1, 0.15) is 57.6 Å². The Bertz CT molecular complexity index is 410. The molecule has 3 heteroatoms. The van der Waals surface area contributed by atoms with Crippen LogP contribution in [-0.2, 0) is 0 Å². The predicted octanol–water partition coefficient (Wildman–Crippen LogP) is 4.43. The zero-order valence-electron chi connectivity index (χ0n) is 12.5. The third kappa shape index (κ3) is 4.31. The van der Waals surface area contributed by atoms with E-state index in [1.54, 1.807) is 0 Å². The Kier molecular flexibility index (Phi) is 5.65.